The first-order valence-corrected chi connectivity index (χ1v) is 9.54. The summed E-state index contributed by atoms with van der Waals surface area (Å²) in [4.78, 5) is 0. The van der Waals surface area contributed by atoms with Crippen LogP contribution in [0.5, 0.6) is 0 Å². The smallest absolute Gasteiger partial charge is 0.238 e. The summed E-state index contributed by atoms with van der Waals surface area (Å²) in [7, 11) is -3.32. The van der Waals surface area contributed by atoms with Crippen LogP contribution in [0.15, 0.2) is 12.1 Å². The fourth-order valence-corrected chi connectivity index (χ4v) is 7.62. The van der Waals surface area contributed by atoms with E-state index in [1.807, 2.05) is 6.07 Å². The van der Waals surface area contributed by atoms with Crippen LogP contribution in [0.25, 0.3) is 0 Å². The van der Waals surface area contributed by atoms with Crippen molar-refractivity contribution >= 4 is 27.3 Å². The molecule has 3 fully saturated rings. The molecule has 1 aliphatic heterocycles. The van der Waals surface area contributed by atoms with E-state index in [-0.39, 0.29) is 11.2 Å². The molecule has 22 heavy (non-hydrogen) atoms. The molecule has 0 spiro atoms. The minimum Gasteiger partial charge on any atom is -0.269 e. The van der Waals surface area contributed by atoms with Gasteiger partial charge in [0.15, 0.2) is 0 Å². The van der Waals surface area contributed by atoms with Crippen molar-refractivity contribution in [2.75, 3.05) is 10.8 Å². The summed E-state index contributed by atoms with van der Waals surface area (Å²) < 4.78 is 27.6. The van der Waals surface area contributed by atoms with Crippen molar-refractivity contribution in [2.24, 2.45) is 17.8 Å². The van der Waals surface area contributed by atoms with E-state index in [0.29, 0.717) is 40.2 Å². The summed E-state index contributed by atoms with van der Waals surface area (Å²) in [5, 5.41) is 9.19. The van der Waals surface area contributed by atoms with Crippen LogP contribution < -0.4 is 4.31 Å². The Kier molecular flexibility index (Phi) is 3.02. The minimum absolute atomic E-state index is 0.208. The Hall–Kier alpha value is -1.25. The number of sulfonamides is 1. The number of nitrogens with zero attached hydrogens (tertiary/aromatic N) is 2. The van der Waals surface area contributed by atoms with E-state index < -0.39 is 10.0 Å². The van der Waals surface area contributed by atoms with Crippen LogP contribution in [-0.2, 0) is 10.0 Å². The van der Waals surface area contributed by atoms with Gasteiger partial charge in [-0.2, -0.15) is 5.26 Å². The molecule has 1 saturated heterocycles. The highest BCUT2D eigenvalue weighted by atomic mass is 35.5. The molecule has 0 radical (unpaired) electrons. The third-order valence-electron chi connectivity index (χ3n) is 5.78. The van der Waals surface area contributed by atoms with Crippen molar-refractivity contribution in [2.45, 2.75) is 31.4 Å². The predicted octanol–water partition coefficient (Wildman–Crippen LogP) is 3.08. The van der Waals surface area contributed by atoms with Crippen molar-refractivity contribution in [3.05, 3.63) is 28.3 Å². The van der Waals surface area contributed by atoms with Gasteiger partial charge in [0, 0.05) is 6.54 Å². The van der Waals surface area contributed by atoms with E-state index in [0.717, 1.165) is 12.8 Å². The quantitative estimate of drug-likeness (QED) is 0.791. The molecule has 4 atom stereocenters. The largest absolute Gasteiger partial charge is 0.269 e. The maximum Gasteiger partial charge on any atom is 0.238 e. The van der Waals surface area contributed by atoms with E-state index in [1.165, 1.54) is 6.42 Å². The maximum absolute atomic E-state index is 13.0. The first-order valence-electron chi connectivity index (χ1n) is 7.66. The van der Waals surface area contributed by atoms with Crippen molar-refractivity contribution in [3.8, 4) is 6.07 Å². The first-order chi connectivity index (χ1) is 10.4. The van der Waals surface area contributed by atoms with E-state index in [1.54, 1.807) is 23.4 Å². The number of fused-ring (bicyclic) bond motifs is 5. The molecular formula is C16H17ClN2O2S. The van der Waals surface area contributed by atoms with Gasteiger partial charge in [0.1, 0.15) is 6.07 Å². The van der Waals surface area contributed by atoms with Crippen molar-refractivity contribution in [3.63, 3.8) is 0 Å². The van der Waals surface area contributed by atoms with E-state index in [2.05, 4.69) is 0 Å². The van der Waals surface area contributed by atoms with Gasteiger partial charge in [-0.25, -0.2) is 8.42 Å². The number of halogens is 1. The van der Waals surface area contributed by atoms with Gasteiger partial charge in [-0.05, 0) is 61.6 Å². The van der Waals surface area contributed by atoms with Gasteiger partial charge in [-0.1, -0.05) is 11.6 Å². The monoisotopic (exact) mass is 336 g/mol. The van der Waals surface area contributed by atoms with Crippen molar-refractivity contribution < 1.29 is 8.42 Å². The topological polar surface area (TPSA) is 61.2 Å². The van der Waals surface area contributed by atoms with E-state index in [9.17, 15) is 8.42 Å². The Morgan fingerprint density at radius 2 is 2.05 bits per heavy atom. The Morgan fingerprint density at radius 1 is 1.32 bits per heavy atom. The number of rotatable bonds is 1. The highest BCUT2D eigenvalue weighted by Gasteiger charge is 2.59. The summed E-state index contributed by atoms with van der Waals surface area (Å²) in [5.74, 6) is 1.15. The van der Waals surface area contributed by atoms with E-state index in [4.69, 9.17) is 16.9 Å². The molecule has 1 heterocycles. The van der Waals surface area contributed by atoms with Crippen LogP contribution in [0.3, 0.4) is 0 Å². The zero-order valence-corrected chi connectivity index (χ0v) is 13.9. The van der Waals surface area contributed by atoms with Crippen LogP contribution in [0, 0.1) is 36.0 Å². The molecular weight excluding hydrogens is 320 g/mol. The number of benzene rings is 1. The molecule has 2 bridgehead atoms. The van der Waals surface area contributed by atoms with Gasteiger partial charge < -0.3 is 0 Å². The molecule has 0 amide bonds. The summed E-state index contributed by atoms with van der Waals surface area (Å²) in [6, 6.07) is 5.38. The Balaban J connectivity index is 1.79. The molecule has 116 valence electrons. The summed E-state index contributed by atoms with van der Waals surface area (Å²) >= 11 is 6.22. The third kappa shape index (κ3) is 1.71. The van der Waals surface area contributed by atoms with Gasteiger partial charge in [-0.3, -0.25) is 4.31 Å². The first kappa shape index (κ1) is 14.3. The zero-order valence-electron chi connectivity index (χ0n) is 12.3. The fraction of sp³-hybridized carbons (Fsp3) is 0.562. The average Bonchev–Trinajstić information content (AvgIpc) is 3.14. The van der Waals surface area contributed by atoms with E-state index >= 15 is 0 Å². The van der Waals surface area contributed by atoms with Crippen molar-refractivity contribution in [1.29, 1.82) is 5.26 Å². The second-order valence-electron chi connectivity index (χ2n) is 6.72. The highest BCUT2D eigenvalue weighted by molar-refractivity contribution is 7.93. The summed E-state index contributed by atoms with van der Waals surface area (Å²) in [6.07, 6.45) is 3.30. The molecule has 1 aromatic rings. The third-order valence-corrected chi connectivity index (χ3v) is 8.65. The zero-order chi connectivity index (χ0) is 15.6. The Labute approximate surface area is 135 Å². The van der Waals surface area contributed by atoms with Gasteiger partial charge in [-0.15, -0.1) is 0 Å². The Bertz CT molecular complexity index is 799. The standard InChI is InChI=1S/C16H17ClN2O2S/c1-9-14(5-4-12(7-18)15(9)17)19-8-13-10-2-3-11(6-10)16(13)22(19,20)21/h4-5,10-11,13,16H,2-3,6,8H2,1H3/t10-,11+,13+,16-/m1/s1. The minimum atomic E-state index is -3.32. The molecule has 2 aliphatic carbocycles. The van der Waals surface area contributed by atoms with Gasteiger partial charge in [0.25, 0.3) is 0 Å². The molecule has 2 saturated carbocycles. The second-order valence-corrected chi connectivity index (χ2v) is 9.11. The number of hydrogen-bond donors (Lipinski definition) is 0. The van der Waals surface area contributed by atoms with Crippen molar-refractivity contribution in [1.82, 2.24) is 0 Å². The van der Waals surface area contributed by atoms with Gasteiger partial charge >= 0.3 is 0 Å². The van der Waals surface area contributed by atoms with Gasteiger partial charge in [0.05, 0.1) is 21.5 Å². The summed E-state index contributed by atoms with van der Waals surface area (Å²) in [6.45, 7) is 2.36. The van der Waals surface area contributed by atoms with Crippen LogP contribution in [0.1, 0.15) is 30.4 Å². The van der Waals surface area contributed by atoms with Crippen LogP contribution in [-0.4, -0.2) is 20.2 Å². The lowest BCUT2D eigenvalue weighted by molar-refractivity contribution is 0.362. The average molecular weight is 337 g/mol. The number of nitriles is 1. The lowest BCUT2D eigenvalue weighted by atomic mass is 9.88. The highest BCUT2D eigenvalue weighted by Crippen LogP contribution is 2.56. The predicted molar refractivity (Wildman–Crippen MR) is 85.3 cm³/mol. The summed E-state index contributed by atoms with van der Waals surface area (Å²) in [5.41, 5.74) is 1.70. The van der Waals surface area contributed by atoms with Crippen LogP contribution >= 0.6 is 11.6 Å². The molecule has 3 aliphatic rings. The Morgan fingerprint density at radius 3 is 2.73 bits per heavy atom. The lowest BCUT2D eigenvalue weighted by Crippen LogP contribution is -2.33. The van der Waals surface area contributed by atoms with Crippen LogP contribution in [0.4, 0.5) is 5.69 Å². The molecule has 0 aromatic heterocycles. The SMILES string of the molecule is Cc1c(N2C[C@H]3[C@@H]4CC[C@@H](C4)[C@H]3S2(=O)=O)ccc(C#N)c1Cl. The molecule has 0 N–H and O–H groups in total. The van der Waals surface area contributed by atoms with Gasteiger partial charge in [0.2, 0.25) is 10.0 Å². The molecule has 6 heteroatoms. The molecule has 0 unspecified atom stereocenters. The number of hydrogen-bond acceptors (Lipinski definition) is 3. The maximum atomic E-state index is 13.0. The molecule has 4 rings (SSSR count). The second kappa shape index (κ2) is 4.62. The number of anilines is 1. The normalized spacial score (nSPS) is 34.7. The molecule has 4 nitrogen and oxygen atoms in total. The van der Waals surface area contributed by atoms with Crippen LogP contribution in [0.2, 0.25) is 5.02 Å². The molecule has 1 aromatic carbocycles. The lowest BCUT2D eigenvalue weighted by Gasteiger charge is -2.23. The fourth-order valence-electron chi connectivity index (χ4n) is 4.78.